The van der Waals surface area contributed by atoms with Gasteiger partial charge in [-0.3, -0.25) is 0 Å². The number of benzene rings is 1. The van der Waals surface area contributed by atoms with Crippen molar-refractivity contribution in [3.05, 3.63) is 68.0 Å². The second-order valence-electron chi connectivity index (χ2n) is 8.74. The van der Waals surface area contributed by atoms with Crippen molar-refractivity contribution >= 4 is 46.6 Å². The lowest BCUT2D eigenvalue weighted by atomic mass is 9.97. The molecule has 1 fully saturated rings. The standard InChI is InChI=1S/C25H27ClN4O2S2/c1-15-12-13-33-22(15)21-20(23(31)32-18-9-4-3-5-10-18)16(2)27-24-28-25(29-30(21)24)34-14-17-8-6-7-11-19(17)26/h6-8,11-13,18,21H,3-5,9-10,14H2,1-2H3,(H,27,28,29). The first-order valence-corrected chi connectivity index (χ1v) is 13.8. The van der Waals surface area contributed by atoms with Gasteiger partial charge in [0.2, 0.25) is 11.1 Å². The van der Waals surface area contributed by atoms with Gasteiger partial charge in [-0.15, -0.1) is 16.4 Å². The molecule has 1 aliphatic carbocycles. The monoisotopic (exact) mass is 514 g/mol. The Bertz CT molecular complexity index is 1230. The van der Waals surface area contributed by atoms with Crippen LogP contribution in [0.3, 0.4) is 0 Å². The lowest BCUT2D eigenvalue weighted by Gasteiger charge is -2.29. The second kappa shape index (κ2) is 10.1. The fraction of sp³-hybridized carbons (Fsp3) is 0.400. The van der Waals surface area contributed by atoms with Gasteiger partial charge < -0.3 is 10.1 Å². The molecule has 1 aromatic carbocycles. The van der Waals surface area contributed by atoms with Gasteiger partial charge in [0.05, 0.1) is 5.57 Å². The summed E-state index contributed by atoms with van der Waals surface area (Å²) in [6.07, 6.45) is 5.30. The molecular formula is C25H27ClN4O2S2. The van der Waals surface area contributed by atoms with Crippen LogP contribution in [0.5, 0.6) is 0 Å². The topological polar surface area (TPSA) is 69.0 Å². The van der Waals surface area contributed by atoms with Crippen molar-refractivity contribution in [3.8, 4) is 0 Å². The number of carbonyl (C=O) groups excluding carboxylic acids is 1. The summed E-state index contributed by atoms with van der Waals surface area (Å²) in [5.41, 5.74) is 3.53. The Morgan fingerprint density at radius 3 is 2.76 bits per heavy atom. The van der Waals surface area contributed by atoms with Crippen LogP contribution in [0.2, 0.25) is 5.02 Å². The normalized spacial score (nSPS) is 18.5. The maximum atomic E-state index is 13.5. The molecule has 178 valence electrons. The van der Waals surface area contributed by atoms with E-state index in [-0.39, 0.29) is 18.1 Å². The summed E-state index contributed by atoms with van der Waals surface area (Å²) in [4.78, 5) is 19.3. The minimum absolute atomic E-state index is 0.00878. The van der Waals surface area contributed by atoms with Crippen molar-refractivity contribution in [3.63, 3.8) is 0 Å². The quantitative estimate of drug-likeness (QED) is 0.289. The molecule has 0 spiro atoms. The van der Waals surface area contributed by atoms with Gasteiger partial charge in [-0.25, -0.2) is 9.48 Å². The van der Waals surface area contributed by atoms with E-state index in [1.807, 2.05) is 35.9 Å². The number of thiophene rings is 1. The highest BCUT2D eigenvalue weighted by Gasteiger charge is 2.37. The number of allylic oxidation sites excluding steroid dienone is 1. The molecule has 3 aromatic rings. The molecule has 0 saturated heterocycles. The van der Waals surface area contributed by atoms with Gasteiger partial charge in [0.15, 0.2) is 0 Å². The number of aryl methyl sites for hydroxylation is 1. The Morgan fingerprint density at radius 1 is 1.24 bits per heavy atom. The van der Waals surface area contributed by atoms with Crippen molar-refractivity contribution in [2.45, 2.75) is 69.0 Å². The van der Waals surface area contributed by atoms with Gasteiger partial charge in [0, 0.05) is 21.3 Å². The summed E-state index contributed by atoms with van der Waals surface area (Å²) in [7, 11) is 0. The SMILES string of the molecule is CC1=C(C(=O)OC2CCCCC2)C(c2sccc2C)n2nc(SCc3ccccc3Cl)nc2N1. The number of fused-ring (bicyclic) bond motifs is 1. The molecule has 34 heavy (non-hydrogen) atoms. The molecule has 0 amide bonds. The van der Waals surface area contributed by atoms with Crippen LogP contribution in [0.1, 0.15) is 61.1 Å². The van der Waals surface area contributed by atoms with E-state index < -0.39 is 0 Å². The summed E-state index contributed by atoms with van der Waals surface area (Å²) in [6.45, 7) is 3.99. The van der Waals surface area contributed by atoms with Crippen LogP contribution in [0.4, 0.5) is 5.95 Å². The van der Waals surface area contributed by atoms with E-state index in [1.165, 1.54) is 18.2 Å². The Balaban J connectivity index is 1.45. The summed E-state index contributed by atoms with van der Waals surface area (Å²) in [5.74, 6) is 1.03. The third-order valence-electron chi connectivity index (χ3n) is 6.34. The highest BCUT2D eigenvalue weighted by atomic mass is 35.5. The maximum Gasteiger partial charge on any atom is 0.338 e. The van der Waals surface area contributed by atoms with Crippen molar-refractivity contribution in [1.29, 1.82) is 0 Å². The number of thioether (sulfide) groups is 1. The number of halogens is 1. The van der Waals surface area contributed by atoms with E-state index >= 15 is 0 Å². The molecule has 1 N–H and O–H groups in total. The van der Waals surface area contributed by atoms with Gasteiger partial charge in [-0.1, -0.05) is 48.0 Å². The molecule has 1 atom stereocenters. The molecular weight excluding hydrogens is 488 g/mol. The Kier molecular flexibility index (Phi) is 6.99. The first-order valence-electron chi connectivity index (χ1n) is 11.6. The Hall–Kier alpha value is -2.29. The van der Waals surface area contributed by atoms with E-state index in [0.717, 1.165) is 52.4 Å². The highest BCUT2D eigenvalue weighted by Crippen LogP contribution is 2.40. The van der Waals surface area contributed by atoms with Gasteiger partial charge in [-0.2, -0.15) is 4.98 Å². The molecule has 2 aliphatic rings. The van der Waals surface area contributed by atoms with Crippen molar-refractivity contribution in [1.82, 2.24) is 14.8 Å². The molecule has 5 rings (SSSR count). The number of esters is 1. The van der Waals surface area contributed by atoms with Crippen LogP contribution in [-0.2, 0) is 15.3 Å². The zero-order valence-corrected chi connectivity index (χ0v) is 21.6. The second-order valence-corrected chi connectivity index (χ2v) is 11.0. The highest BCUT2D eigenvalue weighted by molar-refractivity contribution is 7.98. The molecule has 1 aliphatic heterocycles. The van der Waals surface area contributed by atoms with Crippen LogP contribution in [0, 0.1) is 6.92 Å². The number of hydrogen-bond acceptors (Lipinski definition) is 7. The fourth-order valence-electron chi connectivity index (χ4n) is 4.52. The van der Waals surface area contributed by atoms with Crippen molar-refractivity contribution in [2.24, 2.45) is 0 Å². The van der Waals surface area contributed by atoms with Gasteiger partial charge in [-0.05, 0) is 68.2 Å². The maximum absolute atomic E-state index is 13.5. The van der Waals surface area contributed by atoms with Crippen molar-refractivity contribution < 1.29 is 9.53 Å². The number of ether oxygens (including phenoxy) is 1. The smallest absolute Gasteiger partial charge is 0.338 e. The summed E-state index contributed by atoms with van der Waals surface area (Å²) < 4.78 is 7.83. The van der Waals surface area contributed by atoms with Crippen molar-refractivity contribution in [2.75, 3.05) is 5.32 Å². The zero-order chi connectivity index (χ0) is 23.7. The van der Waals surface area contributed by atoms with E-state index in [0.29, 0.717) is 22.4 Å². The lowest BCUT2D eigenvalue weighted by Crippen LogP contribution is -2.31. The third kappa shape index (κ3) is 4.76. The van der Waals surface area contributed by atoms with Gasteiger partial charge in [0.1, 0.15) is 12.1 Å². The minimum Gasteiger partial charge on any atom is -0.459 e. The number of rotatable bonds is 6. The third-order valence-corrected chi connectivity index (χ3v) is 8.67. The van der Waals surface area contributed by atoms with E-state index in [1.54, 1.807) is 11.3 Å². The van der Waals surface area contributed by atoms with E-state index in [2.05, 4.69) is 23.7 Å². The first kappa shape index (κ1) is 23.5. The van der Waals surface area contributed by atoms with Gasteiger partial charge in [0.25, 0.3) is 0 Å². The molecule has 3 heterocycles. The van der Waals surface area contributed by atoms with Crippen LogP contribution in [-0.4, -0.2) is 26.8 Å². The largest absolute Gasteiger partial charge is 0.459 e. The predicted molar refractivity (Wildman–Crippen MR) is 138 cm³/mol. The summed E-state index contributed by atoms with van der Waals surface area (Å²) in [6, 6.07) is 9.50. The summed E-state index contributed by atoms with van der Waals surface area (Å²) in [5, 5.41) is 11.5. The minimum atomic E-state index is -0.366. The van der Waals surface area contributed by atoms with Gasteiger partial charge >= 0.3 is 5.97 Å². The molecule has 9 heteroatoms. The molecule has 2 aromatic heterocycles. The number of nitrogens with one attached hydrogen (secondary N) is 1. The number of hydrogen-bond donors (Lipinski definition) is 1. The van der Waals surface area contributed by atoms with Crippen LogP contribution in [0.25, 0.3) is 0 Å². The number of aromatic nitrogens is 3. The fourth-order valence-corrected chi connectivity index (χ4v) is 6.65. The molecule has 1 saturated carbocycles. The number of anilines is 1. The number of nitrogens with zero attached hydrogens (tertiary/aromatic N) is 3. The molecule has 1 unspecified atom stereocenters. The van der Waals surface area contributed by atoms with Crippen LogP contribution in [0.15, 0.2) is 52.1 Å². The molecule has 6 nitrogen and oxygen atoms in total. The molecule has 0 bridgehead atoms. The summed E-state index contributed by atoms with van der Waals surface area (Å²) >= 11 is 9.48. The lowest BCUT2D eigenvalue weighted by molar-refractivity contribution is -0.146. The average Bonchev–Trinajstić information content (AvgIpc) is 3.43. The Morgan fingerprint density at radius 2 is 2.03 bits per heavy atom. The van der Waals surface area contributed by atoms with Crippen LogP contribution >= 0.6 is 34.7 Å². The predicted octanol–water partition coefficient (Wildman–Crippen LogP) is 6.76. The number of carbonyl (C=O) groups is 1. The van der Waals surface area contributed by atoms with E-state index in [4.69, 9.17) is 26.4 Å². The Labute approximate surface area is 212 Å². The van der Waals surface area contributed by atoms with E-state index in [9.17, 15) is 4.79 Å². The average molecular weight is 515 g/mol. The zero-order valence-electron chi connectivity index (χ0n) is 19.2. The molecule has 0 radical (unpaired) electrons. The van der Waals surface area contributed by atoms with Crippen LogP contribution < -0.4 is 5.32 Å². The first-order chi connectivity index (χ1) is 16.5.